The van der Waals surface area contributed by atoms with Crippen molar-refractivity contribution in [3.05, 3.63) is 0 Å². The Morgan fingerprint density at radius 3 is 2.83 bits per heavy atom. The number of hydrogen-bond donors (Lipinski definition) is 1. The SMILES string of the molecule is CCOCCNCCN1CCC2CCC(C1)N2C. The van der Waals surface area contributed by atoms with Crippen LogP contribution in [0.15, 0.2) is 0 Å². The first kappa shape index (κ1) is 14.3. The third-order valence-corrected chi connectivity index (χ3v) is 4.46. The summed E-state index contributed by atoms with van der Waals surface area (Å²) in [6.07, 6.45) is 4.17. The van der Waals surface area contributed by atoms with Gasteiger partial charge < -0.3 is 15.0 Å². The van der Waals surface area contributed by atoms with Crippen LogP contribution in [0.25, 0.3) is 0 Å². The molecule has 2 atom stereocenters. The average molecular weight is 255 g/mol. The molecular weight excluding hydrogens is 226 g/mol. The topological polar surface area (TPSA) is 27.7 Å². The van der Waals surface area contributed by atoms with Crippen molar-refractivity contribution in [3.63, 3.8) is 0 Å². The summed E-state index contributed by atoms with van der Waals surface area (Å²) >= 11 is 0. The molecule has 2 heterocycles. The van der Waals surface area contributed by atoms with Gasteiger partial charge in [0.25, 0.3) is 0 Å². The summed E-state index contributed by atoms with van der Waals surface area (Å²) in [6.45, 7) is 9.50. The third kappa shape index (κ3) is 3.92. The van der Waals surface area contributed by atoms with Crippen molar-refractivity contribution in [1.82, 2.24) is 15.1 Å². The van der Waals surface area contributed by atoms with Crippen molar-refractivity contribution in [3.8, 4) is 0 Å². The lowest BCUT2D eigenvalue weighted by Gasteiger charge is -2.25. The molecule has 0 radical (unpaired) electrons. The molecule has 2 unspecified atom stereocenters. The molecule has 0 saturated carbocycles. The highest BCUT2D eigenvalue weighted by atomic mass is 16.5. The van der Waals surface area contributed by atoms with Gasteiger partial charge in [0.1, 0.15) is 0 Å². The Labute approximate surface area is 112 Å². The zero-order valence-electron chi connectivity index (χ0n) is 12.0. The zero-order valence-corrected chi connectivity index (χ0v) is 12.0. The number of fused-ring (bicyclic) bond motifs is 2. The van der Waals surface area contributed by atoms with E-state index >= 15 is 0 Å². The van der Waals surface area contributed by atoms with Gasteiger partial charge in [0.05, 0.1) is 6.61 Å². The van der Waals surface area contributed by atoms with Gasteiger partial charge in [-0.25, -0.2) is 0 Å². The molecule has 4 heteroatoms. The van der Waals surface area contributed by atoms with Gasteiger partial charge in [0, 0.05) is 44.9 Å². The van der Waals surface area contributed by atoms with Gasteiger partial charge in [-0.05, 0) is 39.8 Å². The second-order valence-corrected chi connectivity index (χ2v) is 5.59. The minimum atomic E-state index is 0.806. The summed E-state index contributed by atoms with van der Waals surface area (Å²) in [5, 5.41) is 3.46. The van der Waals surface area contributed by atoms with Crippen molar-refractivity contribution >= 4 is 0 Å². The Morgan fingerprint density at radius 1 is 1.17 bits per heavy atom. The first-order chi connectivity index (χ1) is 8.81. The van der Waals surface area contributed by atoms with Crippen LogP contribution in [0.1, 0.15) is 26.2 Å². The van der Waals surface area contributed by atoms with Crippen LogP contribution in [0.2, 0.25) is 0 Å². The number of hydrogen-bond acceptors (Lipinski definition) is 4. The monoisotopic (exact) mass is 255 g/mol. The van der Waals surface area contributed by atoms with E-state index in [-0.39, 0.29) is 0 Å². The van der Waals surface area contributed by atoms with E-state index in [1.165, 1.54) is 38.9 Å². The molecule has 2 rings (SSSR count). The lowest BCUT2D eigenvalue weighted by molar-refractivity contribution is 0.148. The van der Waals surface area contributed by atoms with E-state index in [0.29, 0.717) is 0 Å². The van der Waals surface area contributed by atoms with Crippen molar-refractivity contribution in [2.75, 3.05) is 53.0 Å². The van der Waals surface area contributed by atoms with Gasteiger partial charge in [0.2, 0.25) is 0 Å². The van der Waals surface area contributed by atoms with Crippen LogP contribution in [0, 0.1) is 0 Å². The fourth-order valence-corrected chi connectivity index (χ4v) is 3.23. The highest BCUT2D eigenvalue weighted by Crippen LogP contribution is 2.28. The van der Waals surface area contributed by atoms with Gasteiger partial charge in [-0.3, -0.25) is 4.90 Å². The number of rotatable bonds is 7. The number of likely N-dealkylation sites (N-methyl/N-ethyl adjacent to an activating group) is 1. The number of nitrogens with one attached hydrogen (secondary N) is 1. The molecule has 0 aromatic heterocycles. The number of ether oxygens (including phenoxy) is 1. The molecule has 4 nitrogen and oxygen atoms in total. The van der Waals surface area contributed by atoms with E-state index < -0.39 is 0 Å². The summed E-state index contributed by atoms with van der Waals surface area (Å²) in [4.78, 5) is 5.25. The molecule has 0 aromatic carbocycles. The number of likely N-dealkylation sites (tertiary alicyclic amines) is 1. The second-order valence-electron chi connectivity index (χ2n) is 5.59. The van der Waals surface area contributed by atoms with Gasteiger partial charge in [-0.15, -0.1) is 0 Å². The molecule has 2 fully saturated rings. The minimum Gasteiger partial charge on any atom is -0.380 e. The third-order valence-electron chi connectivity index (χ3n) is 4.46. The largest absolute Gasteiger partial charge is 0.380 e. The van der Waals surface area contributed by atoms with Crippen LogP contribution >= 0.6 is 0 Å². The Kier molecular flexibility index (Phi) is 5.89. The van der Waals surface area contributed by atoms with Crippen LogP contribution in [-0.4, -0.2) is 74.9 Å². The summed E-state index contributed by atoms with van der Waals surface area (Å²) < 4.78 is 5.32. The maximum atomic E-state index is 5.32. The van der Waals surface area contributed by atoms with Crippen LogP contribution < -0.4 is 5.32 Å². The Bertz CT molecular complexity index is 237. The highest BCUT2D eigenvalue weighted by Gasteiger charge is 2.34. The highest BCUT2D eigenvalue weighted by molar-refractivity contribution is 4.90. The molecule has 2 saturated heterocycles. The van der Waals surface area contributed by atoms with E-state index in [9.17, 15) is 0 Å². The normalized spacial score (nSPS) is 29.7. The van der Waals surface area contributed by atoms with Gasteiger partial charge >= 0.3 is 0 Å². The summed E-state index contributed by atoms with van der Waals surface area (Å²) in [7, 11) is 2.31. The molecule has 0 amide bonds. The lowest BCUT2D eigenvalue weighted by atomic mass is 10.1. The van der Waals surface area contributed by atoms with Crippen LogP contribution in [0.5, 0.6) is 0 Å². The maximum Gasteiger partial charge on any atom is 0.0590 e. The first-order valence-electron chi connectivity index (χ1n) is 7.54. The van der Waals surface area contributed by atoms with Crippen molar-refractivity contribution in [2.45, 2.75) is 38.3 Å². The van der Waals surface area contributed by atoms with Gasteiger partial charge in [0.15, 0.2) is 0 Å². The van der Waals surface area contributed by atoms with Crippen LogP contribution in [0.4, 0.5) is 0 Å². The van der Waals surface area contributed by atoms with E-state index in [2.05, 4.69) is 22.2 Å². The molecule has 106 valence electrons. The first-order valence-corrected chi connectivity index (χ1v) is 7.54. The zero-order chi connectivity index (χ0) is 12.8. The Balaban J connectivity index is 1.59. The van der Waals surface area contributed by atoms with E-state index in [0.717, 1.165) is 38.4 Å². The average Bonchev–Trinajstić information content (AvgIpc) is 2.61. The Morgan fingerprint density at radius 2 is 2.00 bits per heavy atom. The number of nitrogens with zero attached hydrogens (tertiary/aromatic N) is 2. The molecular formula is C14H29N3O. The molecule has 2 bridgehead atoms. The molecule has 18 heavy (non-hydrogen) atoms. The molecule has 0 aliphatic carbocycles. The van der Waals surface area contributed by atoms with Crippen molar-refractivity contribution < 1.29 is 4.74 Å². The van der Waals surface area contributed by atoms with Crippen molar-refractivity contribution in [2.24, 2.45) is 0 Å². The van der Waals surface area contributed by atoms with E-state index in [1.54, 1.807) is 0 Å². The summed E-state index contributed by atoms with van der Waals surface area (Å²) in [6, 6.07) is 1.66. The van der Waals surface area contributed by atoms with Crippen molar-refractivity contribution in [1.29, 1.82) is 0 Å². The molecule has 2 aliphatic heterocycles. The quantitative estimate of drug-likeness (QED) is 0.681. The molecule has 2 aliphatic rings. The predicted octanol–water partition coefficient (Wildman–Crippen LogP) is 0.781. The van der Waals surface area contributed by atoms with Crippen LogP contribution in [0.3, 0.4) is 0 Å². The molecule has 1 N–H and O–H groups in total. The predicted molar refractivity (Wildman–Crippen MR) is 75.0 cm³/mol. The second kappa shape index (κ2) is 7.43. The fourth-order valence-electron chi connectivity index (χ4n) is 3.23. The minimum absolute atomic E-state index is 0.806. The standard InChI is InChI=1S/C14H29N3O/c1-3-18-11-8-15-7-10-17-9-6-13-4-5-14(12-17)16(13)2/h13-15H,3-12H2,1-2H3. The van der Waals surface area contributed by atoms with Gasteiger partial charge in [-0.2, -0.15) is 0 Å². The molecule has 0 aromatic rings. The van der Waals surface area contributed by atoms with E-state index in [4.69, 9.17) is 4.74 Å². The molecule has 0 spiro atoms. The smallest absolute Gasteiger partial charge is 0.0590 e. The lowest BCUT2D eigenvalue weighted by Crippen LogP contribution is -2.39. The maximum absolute atomic E-state index is 5.32. The van der Waals surface area contributed by atoms with Crippen LogP contribution in [-0.2, 0) is 4.74 Å². The Hall–Kier alpha value is -0.160. The summed E-state index contributed by atoms with van der Waals surface area (Å²) in [5.74, 6) is 0. The van der Waals surface area contributed by atoms with Gasteiger partial charge in [-0.1, -0.05) is 0 Å². The fraction of sp³-hybridized carbons (Fsp3) is 1.00. The summed E-state index contributed by atoms with van der Waals surface area (Å²) in [5.41, 5.74) is 0. The van der Waals surface area contributed by atoms with E-state index in [1.807, 2.05) is 6.92 Å².